The molecule has 3 fully saturated rings. The van der Waals surface area contributed by atoms with Gasteiger partial charge in [0.15, 0.2) is 0 Å². The van der Waals surface area contributed by atoms with Crippen LogP contribution in [-0.2, 0) is 23.9 Å². The summed E-state index contributed by atoms with van der Waals surface area (Å²) in [6.45, 7) is 13.5. The van der Waals surface area contributed by atoms with Crippen LogP contribution in [0.25, 0.3) is 0 Å². The van der Waals surface area contributed by atoms with Crippen LogP contribution in [0.5, 0.6) is 0 Å². The third-order valence-corrected chi connectivity index (χ3v) is 9.99. The highest BCUT2D eigenvalue weighted by molar-refractivity contribution is 5.92. The Labute approximate surface area is 319 Å². The lowest BCUT2D eigenvalue weighted by Gasteiger charge is -2.36. The minimum Gasteiger partial charge on any atom is -0.450 e. The second kappa shape index (κ2) is 23.3. The van der Waals surface area contributed by atoms with Gasteiger partial charge < -0.3 is 36.6 Å². The number of hydrogen-bond donors (Lipinski definition) is 5. The van der Waals surface area contributed by atoms with Crippen molar-refractivity contribution in [3.8, 4) is 0 Å². The molecule has 14 heteroatoms. The van der Waals surface area contributed by atoms with E-state index in [4.69, 9.17) is 14.3 Å². The summed E-state index contributed by atoms with van der Waals surface area (Å²) in [6.07, 6.45) is 7.63. The number of primary amides is 1. The van der Waals surface area contributed by atoms with Gasteiger partial charge in [-0.2, -0.15) is 0 Å². The van der Waals surface area contributed by atoms with Crippen molar-refractivity contribution >= 4 is 30.7 Å². The standard InChI is InChI=1S/C37H54F2N4O4.C2H5NO.CH3NO/c1-6-47-36(46)42-32(29-15-11-8-12-16-29)35(45)43-20-19-30(23-37(5,38)39)33(43)34(44)41-31(22-27-17-18-27)24(2)21-25(3)40-26(4)28-13-9-7-10-14-28;1-3-2-4;2-1-3/h7,9-10,13-14,26-27,29-33,40H,2-3,6,8,11-12,15-23H2,1,4-5H3,(H,41,44)(H,42,46);2H,1H3,(H,3,4);1H,(H2,2,3)/t26?,30-,31?,32?,33?;;/m1../s1. The van der Waals surface area contributed by atoms with Crippen molar-refractivity contribution in [2.75, 3.05) is 20.2 Å². The Bertz CT molecular complexity index is 1370. The summed E-state index contributed by atoms with van der Waals surface area (Å²) in [7, 11) is 1.56. The molecule has 0 radical (unpaired) electrons. The number of carbonyl (C=O) groups excluding carboxylic acids is 5. The molecule has 5 amide bonds. The van der Waals surface area contributed by atoms with Gasteiger partial charge in [-0.3, -0.25) is 19.2 Å². The van der Waals surface area contributed by atoms with Crippen LogP contribution in [0, 0.1) is 17.8 Å². The average Bonchev–Trinajstić information content (AvgIpc) is 3.87. The van der Waals surface area contributed by atoms with E-state index in [1.54, 1.807) is 14.0 Å². The minimum atomic E-state index is -3.01. The first-order valence-corrected chi connectivity index (χ1v) is 19.0. The third kappa shape index (κ3) is 15.9. The number of halogens is 2. The summed E-state index contributed by atoms with van der Waals surface area (Å²) < 4.78 is 34.0. The van der Waals surface area contributed by atoms with Crippen molar-refractivity contribution < 1.29 is 37.5 Å². The third-order valence-electron chi connectivity index (χ3n) is 9.99. The van der Waals surface area contributed by atoms with E-state index < -0.39 is 54.3 Å². The number of nitrogens with one attached hydrogen (secondary N) is 4. The zero-order valence-corrected chi connectivity index (χ0v) is 32.4. The molecule has 3 aliphatic rings. The second-order valence-electron chi connectivity index (χ2n) is 14.5. The molecular formula is C40H62F2N6O6. The van der Waals surface area contributed by atoms with Crippen LogP contribution in [-0.4, -0.2) is 79.9 Å². The van der Waals surface area contributed by atoms with Crippen molar-refractivity contribution in [1.82, 2.24) is 26.2 Å². The van der Waals surface area contributed by atoms with Crippen LogP contribution in [0.15, 0.2) is 54.8 Å². The number of alkyl carbamates (subject to hydrolysis) is 1. The maximum atomic E-state index is 14.4. The van der Waals surface area contributed by atoms with E-state index >= 15 is 0 Å². The fraction of sp³-hybridized carbons (Fsp3) is 0.625. The normalized spacial score (nSPS) is 19.9. The van der Waals surface area contributed by atoms with Crippen molar-refractivity contribution in [2.45, 2.75) is 121 Å². The van der Waals surface area contributed by atoms with E-state index in [1.165, 1.54) is 4.90 Å². The molecule has 12 nitrogen and oxygen atoms in total. The molecule has 1 aromatic carbocycles. The van der Waals surface area contributed by atoms with Gasteiger partial charge in [-0.05, 0) is 75.3 Å². The fourth-order valence-corrected chi connectivity index (χ4v) is 7.31. The molecule has 302 valence electrons. The molecule has 1 aliphatic heterocycles. The number of nitrogens with zero attached hydrogens (tertiary/aromatic N) is 1. The van der Waals surface area contributed by atoms with Gasteiger partial charge in [0.25, 0.3) is 0 Å². The lowest BCUT2D eigenvalue weighted by atomic mass is 9.83. The van der Waals surface area contributed by atoms with Crippen LogP contribution in [0.2, 0.25) is 0 Å². The molecule has 0 bridgehead atoms. The maximum Gasteiger partial charge on any atom is 0.407 e. The minimum absolute atomic E-state index is 0.0304. The largest absolute Gasteiger partial charge is 0.450 e. The monoisotopic (exact) mass is 760 g/mol. The molecule has 1 heterocycles. The summed E-state index contributed by atoms with van der Waals surface area (Å²) in [4.78, 5) is 60.1. The van der Waals surface area contributed by atoms with Crippen LogP contribution in [0.3, 0.4) is 0 Å². The number of carbonyl (C=O) groups is 5. The number of amides is 5. The summed E-state index contributed by atoms with van der Waals surface area (Å²) in [5, 5.41) is 11.6. The van der Waals surface area contributed by atoms with Gasteiger partial charge in [0.1, 0.15) is 12.1 Å². The zero-order chi connectivity index (χ0) is 40.3. The molecule has 6 N–H and O–H groups in total. The molecule has 5 atom stereocenters. The second-order valence-corrected chi connectivity index (χ2v) is 14.5. The number of nitrogens with two attached hydrogens (primary N) is 1. The molecular weight excluding hydrogens is 698 g/mol. The highest BCUT2D eigenvalue weighted by atomic mass is 19.3. The molecule has 1 saturated heterocycles. The number of rotatable bonds is 17. The summed E-state index contributed by atoms with van der Waals surface area (Å²) in [5.41, 5.74) is 6.83. The summed E-state index contributed by atoms with van der Waals surface area (Å²) in [5.74, 6) is -4.27. The smallest absolute Gasteiger partial charge is 0.407 e. The molecule has 4 unspecified atom stereocenters. The van der Waals surface area contributed by atoms with E-state index in [1.807, 2.05) is 30.3 Å². The van der Waals surface area contributed by atoms with Crippen LogP contribution in [0.4, 0.5) is 13.6 Å². The lowest BCUT2D eigenvalue weighted by molar-refractivity contribution is -0.143. The number of hydrogen-bond acceptors (Lipinski definition) is 7. The fourth-order valence-electron chi connectivity index (χ4n) is 7.31. The van der Waals surface area contributed by atoms with Gasteiger partial charge in [-0.15, -0.1) is 0 Å². The number of allylic oxidation sites excluding steroid dienone is 1. The maximum absolute atomic E-state index is 14.4. The molecule has 0 spiro atoms. The van der Waals surface area contributed by atoms with E-state index in [-0.39, 0.29) is 37.9 Å². The number of benzene rings is 1. The van der Waals surface area contributed by atoms with Crippen molar-refractivity contribution in [3.05, 3.63) is 60.3 Å². The molecule has 4 rings (SSSR count). The van der Waals surface area contributed by atoms with E-state index in [0.29, 0.717) is 25.2 Å². The van der Waals surface area contributed by atoms with Gasteiger partial charge in [0, 0.05) is 38.2 Å². The lowest BCUT2D eigenvalue weighted by Crippen LogP contribution is -2.58. The Kier molecular flexibility index (Phi) is 19.7. The summed E-state index contributed by atoms with van der Waals surface area (Å²) >= 11 is 0. The topological polar surface area (TPSA) is 172 Å². The number of likely N-dealkylation sites (tertiary alicyclic amines) is 1. The van der Waals surface area contributed by atoms with Crippen LogP contribution < -0.4 is 27.0 Å². The van der Waals surface area contributed by atoms with Crippen LogP contribution in [0.1, 0.15) is 103 Å². The number of alkyl halides is 2. The molecule has 2 saturated carbocycles. The van der Waals surface area contributed by atoms with E-state index in [0.717, 1.165) is 68.7 Å². The molecule has 54 heavy (non-hydrogen) atoms. The Morgan fingerprint density at radius 1 is 1.02 bits per heavy atom. The van der Waals surface area contributed by atoms with Crippen molar-refractivity contribution in [3.63, 3.8) is 0 Å². The molecule has 2 aliphatic carbocycles. The Morgan fingerprint density at radius 2 is 1.63 bits per heavy atom. The Morgan fingerprint density at radius 3 is 2.17 bits per heavy atom. The summed E-state index contributed by atoms with van der Waals surface area (Å²) in [6, 6.07) is 7.69. The van der Waals surface area contributed by atoms with Crippen molar-refractivity contribution in [2.24, 2.45) is 23.5 Å². The number of ether oxygens (including phenoxy) is 1. The quantitative estimate of drug-likeness (QED) is 0.103. The predicted molar refractivity (Wildman–Crippen MR) is 205 cm³/mol. The first-order valence-electron chi connectivity index (χ1n) is 19.0. The van der Waals surface area contributed by atoms with Gasteiger partial charge in [0.05, 0.1) is 12.6 Å². The van der Waals surface area contributed by atoms with Crippen molar-refractivity contribution in [1.29, 1.82) is 0 Å². The van der Waals surface area contributed by atoms with E-state index in [2.05, 4.69) is 47.1 Å². The Hall–Kier alpha value is -4.49. The first-order chi connectivity index (χ1) is 25.7. The van der Waals surface area contributed by atoms with Gasteiger partial charge in [0.2, 0.25) is 30.6 Å². The Balaban J connectivity index is 0.00000133. The highest BCUT2D eigenvalue weighted by Crippen LogP contribution is 2.38. The molecule has 1 aromatic rings. The SMILES string of the molecule is C=C(CC(=C)C(CC1CC1)NC(=O)C1[C@@H](CC(C)(F)F)CCN1C(=O)C(NC(=O)OCC)C1CCCCC1)NC(C)c1ccccc1.CNC=O.NC=O. The van der Waals surface area contributed by atoms with Crippen LogP contribution >= 0.6 is 0 Å². The predicted octanol–water partition coefficient (Wildman–Crippen LogP) is 5.50. The van der Waals surface area contributed by atoms with Gasteiger partial charge in [-0.25, -0.2) is 13.6 Å². The molecule has 0 aromatic heterocycles. The average molecular weight is 761 g/mol. The first kappa shape index (κ1) is 45.7. The van der Waals surface area contributed by atoms with Gasteiger partial charge >= 0.3 is 6.09 Å². The van der Waals surface area contributed by atoms with E-state index in [9.17, 15) is 23.2 Å². The van der Waals surface area contributed by atoms with Gasteiger partial charge in [-0.1, -0.05) is 75.6 Å². The highest BCUT2D eigenvalue weighted by Gasteiger charge is 2.48. The zero-order valence-electron chi connectivity index (χ0n) is 32.4.